The van der Waals surface area contributed by atoms with E-state index >= 15 is 0 Å². The Kier molecular flexibility index (Phi) is 134. The van der Waals surface area contributed by atoms with Gasteiger partial charge in [-0.3, -0.25) is 0 Å². The molecule has 0 unspecified atom stereocenters. The quantitative estimate of drug-likeness (QED) is 0.515. The zero-order valence-corrected chi connectivity index (χ0v) is 12.6. The Hall–Kier alpha value is 2.60. The SMILES string of the molecule is [Cu].[Fe].[Hg].[Zn]. The van der Waals surface area contributed by atoms with Gasteiger partial charge in [0, 0.05) is 81.3 Å². The molecule has 0 fully saturated rings. The molecule has 0 aromatic carbocycles. The van der Waals surface area contributed by atoms with Crippen molar-refractivity contribution in [3.05, 3.63) is 0 Å². The van der Waals surface area contributed by atoms with Crippen LogP contribution >= 0.6 is 0 Å². The van der Waals surface area contributed by atoms with Gasteiger partial charge < -0.3 is 0 Å². The molecule has 4 heteroatoms. The normalized spacial score (nSPS) is 0. The van der Waals surface area contributed by atoms with Crippen molar-refractivity contribution < 1.29 is 81.3 Å². The molecule has 0 nitrogen and oxygen atoms in total. The number of rotatable bonds is 0. The van der Waals surface area contributed by atoms with Crippen LogP contribution in [-0.4, -0.2) is 0 Å². The van der Waals surface area contributed by atoms with Gasteiger partial charge >= 0.3 is 0 Å². The van der Waals surface area contributed by atoms with E-state index in [9.17, 15) is 0 Å². The molecule has 4 heavy (non-hydrogen) atoms. The summed E-state index contributed by atoms with van der Waals surface area (Å²) in [6.07, 6.45) is 0. The Bertz CT molecular complexity index is 8.00. The summed E-state index contributed by atoms with van der Waals surface area (Å²) >= 11 is 0. The molecular formula is CuFeHgZn. The molecule has 0 atom stereocenters. The molecule has 0 aliphatic rings. The third-order valence-electron chi connectivity index (χ3n) is 0. The van der Waals surface area contributed by atoms with Crippen molar-refractivity contribution in [2.45, 2.75) is 0 Å². The van der Waals surface area contributed by atoms with Crippen LogP contribution in [-0.2, 0) is 81.3 Å². The Morgan fingerprint density at radius 2 is 1.00 bits per heavy atom. The summed E-state index contributed by atoms with van der Waals surface area (Å²) in [5, 5.41) is 0. The van der Waals surface area contributed by atoms with Gasteiger partial charge in [0.2, 0.25) is 0 Å². The smallest absolute Gasteiger partial charge is 0 e. The summed E-state index contributed by atoms with van der Waals surface area (Å²) < 4.78 is 0. The van der Waals surface area contributed by atoms with Gasteiger partial charge in [-0.1, -0.05) is 0 Å². The van der Waals surface area contributed by atoms with E-state index in [4.69, 9.17) is 0 Å². The van der Waals surface area contributed by atoms with E-state index < -0.39 is 0 Å². The minimum Gasteiger partial charge on any atom is 0 e. The Labute approximate surface area is 80.1 Å². The van der Waals surface area contributed by atoms with E-state index in [2.05, 4.69) is 0 Å². The van der Waals surface area contributed by atoms with Crippen LogP contribution in [0.4, 0.5) is 0 Å². The van der Waals surface area contributed by atoms with Crippen LogP contribution in [0.15, 0.2) is 0 Å². The first-order chi connectivity index (χ1) is 0. The van der Waals surface area contributed by atoms with E-state index in [-0.39, 0.29) is 81.3 Å². The van der Waals surface area contributed by atoms with E-state index in [1.54, 1.807) is 0 Å². The second-order valence-electron chi connectivity index (χ2n) is 0. The molecule has 0 saturated heterocycles. The van der Waals surface area contributed by atoms with Crippen LogP contribution in [0.25, 0.3) is 0 Å². The Morgan fingerprint density at radius 3 is 1.00 bits per heavy atom. The molecule has 0 heterocycles. The summed E-state index contributed by atoms with van der Waals surface area (Å²) in [6, 6.07) is 0. The van der Waals surface area contributed by atoms with E-state index in [1.165, 1.54) is 0 Å². The van der Waals surface area contributed by atoms with Gasteiger partial charge in [0.15, 0.2) is 0 Å². The van der Waals surface area contributed by atoms with Crippen LogP contribution in [0.3, 0.4) is 0 Å². The molecule has 23 valence electrons. The maximum Gasteiger partial charge on any atom is 0 e. The van der Waals surface area contributed by atoms with Gasteiger partial charge in [-0.25, -0.2) is 0 Å². The molecule has 0 aliphatic heterocycles. The molecule has 0 bridgehead atoms. The van der Waals surface area contributed by atoms with Crippen LogP contribution < -0.4 is 0 Å². The van der Waals surface area contributed by atoms with Gasteiger partial charge in [-0.15, -0.1) is 0 Å². The van der Waals surface area contributed by atoms with Gasteiger partial charge in [-0.2, -0.15) is 0 Å². The second kappa shape index (κ2) is 17.5. The topological polar surface area (TPSA) is 0 Å². The third kappa shape index (κ3) is 8.82. The standard InChI is InChI=1S/Cu.Fe.Hg.Zn. The van der Waals surface area contributed by atoms with Crippen molar-refractivity contribution in [1.29, 1.82) is 0 Å². The molecule has 0 N–H and O–H groups in total. The van der Waals surface area contributed by atoms with E-state index in [0.717, 1.165) is 0 Å². The summed E-state index contributed by atoms with van der Waals surface area (Å²) in [4.78, 5) is 0. The molecule has 1 radical (unpaired) electrons. The second-order valence-corrected chi connectivity index (χ2v) is 0. The number of hydrogen-bond donors (Lipinski definition) is 0. The predicted molar refractivity (Wildman–Crippen MR) is 0 cm³/mol. The molecule has 0 aromatic heterocycles. The Morgan fingerprint density at radius 1 is 1.00 bits per heavy atom. The van der Waals surface area contributed by atoms with Gasteiger partial charge in [0.05, 0.1) is 0 Å². The molecule has 0 aliphatic carbocycles. The van der Waals surface area contributed by atoms with Crippen molar-refractivity contribution >= 4 is 0 Å². The molecule has 0 rings (SSSR count). The van der Waals surface area contributed by atoms with Gasteiger partial charge in [-0.05, 0) is 0 Å². The Balaban J connectivity index is 0. The predicted octanol–water partition coefficient (Wildman–Crippen LogP) is -0.0100. The number of hydrogen-bond acceptors (Lipinski definition) is 0. The minimum absolute atomic E-state index is 0. The van der Waals surface area contributed by atoms with E-state index in [1.807, 2.05) is 0 Å². The third-order valence-corrected chi connectivity index (χ3v) is 0. The van der Waals surface area contributed by atoms with Crippen molar-refractivity contribution in [3.63, 3.8) is 0 Å². The first-order valence-electron chi connectivity index (χ1n) is 0. The van der Waals surface area contributed by atoms with Crippen molar-refractivity contribution in [2.75, 3.05) is 0 Å². The summed E-state index contributed by atoms with van der Waals surface area (Å²) in [5.74, 6) is 0. The monoisotopic (exact) mass is 385 g/mol. The van der Waals surface area contributed by atoms with Gasteiger partial charge in [0.1, 0.15) is 0 Å². The van der Waals surface area contributed by atoms with Gasteiger partial charge in [0.25, 0.3) is 0 Å². The fraction of sp³-hybridized carbons (Fsp3) is 0. The summed E-state index contributed by atoms with van der Waals surface area (Å²) in [6.45, 7) is 0. The molecule has 0 aromatic rings. The summed E-state index contributed by atoms with van der Waals surface area (Å²) in [5.41, 5.74) is 0. The zero-order valence-electron chi connectivity index (χ0n) is 2.07. The minimum atomic E-state index is 0. The van der Waals surface area contributed by atoms with E-state index in [0.29, 0.717) is 0 Å². The summed E-state index contributed by atoms with van der Waals surface area (Å²) in [7, 11) is 0. The first-order valence-corrected chi connectivity index (χ1v) is 0. The zero-order chi connectivity index (χ0) is 0. The van der Waals surface area contributed by atoms with Crippen LogP contribution in [0, 0.1) is 0 Å². The molecule has 0 saturated carbocycles. The fourth-order valence-corrected chi connectivity index (χ4v) is 0. The average molecular weight is 385 g/mol. The largest absolute Gasteiger partial charge is 0 e. The molecular weight excluding hydrogens is 385 g/mol. The average Bonchev–Trinajstić information content (AvgIpc) is 0. The van der Waals surface area contributed by atoms with Crippen molar-refractivity contribution in [2.24, 2.45) is 0 Å². The van der Waals surface area contributed by atoms with Crippen molar-refractivity contribution in [3.8, 4) is 0 Å². The maximum atomic E-state index is 0. The van der Waals surface area contributed by atoms with Crippen molar-refractivity contribution in [1.82, 2.24) is 0 Å². The molecule has 0 amide bonds. The first kappa shape index (κ1) is 30.6. The van der Waals surface area contributed by atoms with Crippen LogP contribution in [0.5, 0.6) is 0 Å². The van der Waals surface area contributed by atoms with Crippen LogP contribution in [0.2, 0.25) is 0 Å². The van der Waals surface area contributed by atoms with Crippen LogP contribution in [0.1, 0.15) is 0 Å². The maximum absolute atomic E-state index is 0. The fourth-order valence-electron chi connectivity index (χ4n) is 0. The molecule has 0 spiro atoms.